The van der Waals surface area contributed by atoms with Gasteiger partial charge >= 0.3 is 0 Å². The minimum absolute atomic E-state index is 0.0147. The summed E-state index contributed by atoms with van der Waals surface area (Å²) in [4.78, 5) is 35.7. The zero-order chi connectivity index (χ0) is 22.7. The van der Waals surface area contributed by atoms with Crippen molar-refractivity contribution in [3.63, 3.8) is 0 Å². The maximum Gasteiger partial charge on any atom is 0.295 e. The number of rotatable bonds is 6. The second-order valence-corrected chi connectivity index (χ2v) is 7.14. The summed E-state index contributed by atoms with van der Waals surface area (Å²) >= 11 is 0. The van der Waals surface area contributed by atoms with Gasteiger partial charge in [0.05, 0.1) is 25.8 Å². The second kappa shape index (κ2) is 8.89. The lowest BCUT2D eigenvalue weighted by molar-refractivity contribution is -0.140. The Labute approximate surface area is 184 Å². The van der Waals surface area contributed by atoms with Crippen molar-refractivity contribution in [2.24, 2.45) is 0 Å². The average Bonchev–Trinajstić information content (AvgIpc) is 3.09. The van der Waals surface area contributed by atoms with Gasteiger partial charge < -0.3 is 19.5 Å². The monoisotopic (exact) mass is 431 g/mol. The zero-order valence-electron chi connectivity index (χ0n) is 17.6. The van der Waals surface area contributed by atoms with Crippen LogP contribution in [-0.4, -0.2) is 45.9 Å². The molecule has 1 atom stereocenters. The third-order valence-corrected chi connectivity index (χ3v) is 5.27. The third-order valence-electron chi connectivity index (χ3n) is 5.27. The molecule has 0 saturated carbocycles. The average molecular weight is 431 g/mol. The fourth-order valence-corrected chi connectivity index (χ4v) is 3.75. The van der Waals surface area contributed by atoms with E-state index in [1.54, 1.807) is 61.2 Å². The van der Waals surface area contributed by atoms with Crippen molar-refractivity contribution >= 4 is 17.4 Å². The molecule has 8 heteroatoms. The van der Waals surface area contributed by atoms with Gasteiger partial charge in [-0.25, -0.2) is 0 Å². The van der Waals surface area contributed by atoms with Gasteiger partial charge in [0.25, 0.3) is 11.7 Å². The molecule has 1 fully saturated rings. The van der Waals surface area contributed by atoms with Gasteiger partial charge in [0.1, 0.15) is 5.76 Å². The Morgan fingerprint density at radius 3 is 2.34 bits per heavy atom. The molecular formula is C24H21N3O5. The summed E-state index contributed by atoms with van der Waals surface area (Å²) in [6.07, 6.45) is 6.45. The summed E-state index contributed by atoms with van der Waals surface area (Å²) in [5.41, 5.74) is 1.68. The normalized spacial score (nSPS) is 17.4. The van der Waals surface area contributed by atoms with Gasteiger partial charge in [-0.05, 0) is 41.5 Å². The van der Waals surface area contributed by atoms with Crippen LogP contribution < -0.4 is 9.47 Å². The number of methoxy groups -OCH3 is 2. The van der Waals surface area contributed by atoms with Crippen LogP contribution in [0, 0.1) is 0 Å². The summed E-state index contributed by atoms with van der Waals surface area (Å²) in [5.74, 6) is -0.907. The van der Waals surface area contributed by atoms with Crippen molar-refractivity contribution in [1.82, 2.24) is 14.9 Å². The van der Waals surface area contributed by atoms with E-state index >= 15 is 0 Å². The van der Waals surface area contributed by atoms with Gasteiger partial charge in [-0.3, -0.25) is 19.6 Å². The van der Waals surface area contributed by atoms with Crippen LogP contribution in [0.4, 0.5) is 0 Å². The van der Waals surface area contributed by atoms with E-state index in [1.807, 2.05) is 6.07 Å². The quantitative estimate of drug-likeness (QED) is 0.363. The Morgan fingerprint density at radius 2 is 1.72 bits per heavy atom. The number of aliphatic hydroxyl groups is 1. The van der Waals surface area contributed by atoms with Gasteiger partial charge in [0, 0.05) is 36.9 Å². The molecule has 1 saturated heterocycles. The van der Waals surface area contributed by atoms with Crippen molar-refractivity contribution in [2.75, 3.05) is 14.2 Å². The van der Waals surface area contributed by atoms with Crippen LogP contribution in [0.1, 0.15) is 22.7 Å². The van der Waals surface area contributed by atoms with Crippen LogP contribution in [0.25, 0.3) is 5.76 Å². The highest BCUT2D eigenvalue weighted by atomic mass is 16.5. The molecule has 1 unspecified atom stereocenters. The fourth-order valence-electron chi connectivity index (χ4n) is 3.75. The van der Waals surface area contributed by atoms with Crippen LogP contribution in [-0.2, 0) is 16.1 Å². The number of carbonyl (C=O) groups excluding carboxylic acids is 2. The predicted octanol–water partition coefficient (Wildman–Crippen LogP) is 3.12. The number of Topliss-reactive ketones (excluding diaryl/α,β-unsaturated/α-hetero) is 1. The van der Waals surface area contributed by atoms with E-state index in [9.17, 15) is 14.7 Å². The lowest BCUT2D eigenvalue weighted by Crippen LogP contribution is -2.29. The highest BCUT2D eigenvalue weighted by molar-refractivity contribution is 6.46. The van der Waals surface area contributed by atoms with E-state index in [0.29, 0.717) is 22.6 Å². The number of amides is 1. The van der Waals surface area contributed by atoms with Gasteiger partial charge in [-0.15, -0.1) is 0 Å². The van der Waals surface area contributed by atoms with Crippen LogP contribution >= 0.6 is 0 Å². The number of aliphatic hydroxyl groups excluding tert-OH is 1. The highest BCUT2D eigenvalue weighted by Crippen LogP contribution is 2.41. The van der Waals surface area contributed by atoms with Crippen molar-refractivity contribution in [1.29, 1.82) is 0 Å². The van der Waals surface area contributed by atoms with Crippen LogP contribution in [0.5, 0.6) is 11.5 Å². The first-order valence-electron chi connectivity index (χ1n) is 9.84. The third kappa shape index (κ3) is 3.78. The Balaban J connectivity index is 1.85. The molecule has 8 nitrogen and oxygen atoms in total. The number of hydrogen-bond acceptors (Lipinski definition) is 7. The number of likely N-dealkylation sites (tertiary alicyclic amines) is 1. The molecule has 3 heterocycles. The Bertz CT molecular complexity index is 1180. The van der Waals surface area contributed by atoms with E-state index in [1.165, 1.54) is 19.1 Å². The number of pyridine rings is 2. The Morgan fingerprint density at radius 1 is 1.00 bits per heavy atom. The zero-order valence-corrected chi connectivity index (χ0v) is 17.6. The number of nitrogens with zero attached hydrogens (tertiary/aromatic N) is 3. The second-order valence-electron chi connectivity index (χ2n) is 7.14. The number of benzene rings is 1. The van der Waals surface area contributed by atoms with Crippen LogP contribution in [0.2, 0.25) is 0 Å². The summed E-state index contributed by atoms with van der Waals surface area (Å²) in [6.45, 7) is 0.153. The highest BCUT2D eigenvalue weighted by Gasteiger charge is 2.46. The fraction of sp³-hybridized carbons (Fsp3) is 0.167. The van der Waals surface area contributed by atoms with Crippen molar-refractivity contribution < 1.29 is 24.2 Å². The topological polar surface area (TPSA) is 102 Å². The number of ether oxygens (including phenoxy) is 2. The lowest BCUT2D eigenvalue weighted by atomic mass is 9.96. The standard InChI is InChI=1S/C24H21N3O5/c1-31-18-8-7-16(11-19(18)32-2)22(28)20-21(17-6-4-10-26-13-17)27(24(30)23(20)29)14-15-5-3-9-25-12-15/h3-13,21,28H,14H2,1-2H3/b22-20+. The molecule has 1 N–H and O–H groups in total. The minimum Gasteiger partial charge on any atom is -0.507 e. The molecule has 32 heavy (non-hydrogen) atoms. The van der Waals surface area contributed by atoms with E-state index < -0.39 is 17.7 Å². The van der Waals surface area contributed by atoms with E-state index in [-0.39, 0.29) is 17.9 Å². The number of hydrogen-bond donors (Lipinski definition) is 1. The van der Waals surface area contributed by atoms with Gasteiger partial charge in [0.2, 0.25) is 0 Å². The van der Waals surface area contributed by atoms with Crippen molar-refractivity contribution in [2.45, 2.75) is 12.6 Å². The molecule has 4 rings (SSSR count). The van der Waals surface area contributed by atoms with Gasteiger partial charge in [0.15, 0.2) is 11.5 Å². The Kier molecular flexibility index (Phi) is 5.85. The maximum atomic E-state index is 13.1. The molecule has 0 bridgehead atoms. The molecule has 0 radical (unpaired) electrons. The van der Waals surface area contributed by atoms with Crippen LogP contribution in [0.15, 0.2) is 72.8 Å². The molecule has 2 aromatic heterocycles. The molecule has 1 aromatic carbocycles. The van der Waals surface area contributed by atoms with Crippen LogP contribution in [0.3, 0.4) is 0 Å². The molecule has 1 amide bonds. The summed E-state index contributed by atoms with van der Waals surface area (Å²) in [7, 11) is 2.98. The summed E-state index contributed by atoms with van der Waals surface area (Å²) in [5, 5.41) is 11.2. The van der Waals surface area contributed by atoms with E-state index in [4.69, 9.17) is 9.47 Å². The molecule has 0 aliphatic carbocycles. The Hall–Kier alpha value is -4.20. The molecule has 3 aromatic rings. The predicted molar refractivity (Wildman–Crippen MR) is 116 cm³/mol. The smallest absolute Gasteiger partial charge is 0.295 e. The number of ketones is 1. The first-order valence-corrected chi connectivity index (χ1v) is 9.84. The number of aromatic nitrogens is 2. The molecule has 162 valence electrons. The van der Waals surface area contributed by atoms with Gasteiger partial charge in [-0.1, -0.05) is 12.1 Å². The summed E-state index contributed by atoms with van der Waals surface area (Å²) < 4.78 is 10.6. The molecule has 1 aliphatic rings. The number of carbonyl (C=O) groups is 2. The molecular weight excluding hydrogens is 410 g/mol. The summed E-state index contributed by atoms with van der Waals surface area (Å²) in [6, 6.07) is 11.0. The lowest BCUT2D eigenvalue weighted by Gasteiger charge is -2.25. The minimum atomic E-state index is -0.808. The largest absolute Gasteiger partial charge is 0.507 e. The SMILES string of the molecule is COc1ccc(/C(O)=C2\C(=O)C(=O)N(Cc3cccnc3)C2c2cccnc2)cc1OC. The first-order chi connectivity index (χ1) is 15.5. The van der Waals surface area contributed by atoms with Crippen molar-refractivity contribution in [3.05, 3.63) is 89.5 Å². The maximum absolute atomic E-state index is 13.1. The van der Waals surface area contributed by atoms with E-state index in [0.717, 1.165) is 5.56 Å². The van der Waals surface area contributed by atoms with Crippen molar-refractivity contribution in [3.8, 4) is 11.5 Å². The molecule has 0 spiro atoms. The first kappa shape index (κ1) is 21.0. The van der Waals surface area contributed by atoms with Gasteiger partial charge in [-0.2, -0.15) is 0 Å². The van der Waals surface area contributed by atoms with E-state index in [2.05, 4.69) is 9.97 Å². The molecule has 1 aliphatic heterocycles.